The van der Waals surface area contributed by atoms with Crippen molar-refractivity contribution in [1.82, 2.24) is 9.62 Å². The maximum absolute atomic E-state index is 12.8. The zero-order chi connectivity index (χ0) is 27.3. The van der Waals surface area contributed by atoms with E-state index in [2.05, 4.69) is 49.5 Å². The van der Waals surface area contributed by atoms with Crippen LogP contribution in [0.1, 0.15) is 29.8 Å². The lowest BCUT2D eigenvalue weighted by Gasteiger charge is -2.27. The number of ketones is 1. The molecule has 2 N–H and O–H groups in total. The normalized spacial score (nSPS) is 11.7. The van der Waals surface area contributed by atoms with Crippen LogP contribution in [0.3, 0.4) is 0 Å². The van der Waals surface area contributed by atoms with E-state index < -0.39 is 5.97 Å². The standard InChI is InChI=1S/C31H31ClN2O3S/c1-31(2,18-21-11-12-22-7-4-5-8-23(22)15-21)33-19-26(35)20-34(3)38-27-10-6-9-24(16-27)25-13-14-28(30(36)37)29(32)17-25/h4-17,33H,18-20H2,1-3H3,(H,36,37). The van der Waals surface area contributed by atoms with Crippen molar-refractivity contribution >= 4 is 46.1 Å². The Morgan fingerprint density at radius 1 is 0.921 bits per heavy atom. The molecule has 196 valence electrons. The fourth-order valence-corrected chi connectivity index (χ4v) is 5.53. The van der Waals surface area contributed by atoms with Crippen LogP contribution in [0.5, 0.6) is 0 Å². The maximum atomic E-state index is 12.8. The molecule has 0 aliphatic carbocycles. The number of hydrogen-bond donors (Lipinski definition) is 2. The van der Waals surface area contributed by atoms with Gasteiger partial charge in [-0.3, -0.25) is 4.79 Å². The first-order valence-electron chi connectivity index (χ1n) is 12.4. The van der Waals surface area contributed by atoms with Gasteiger partial charge in [0.1, 0.15) is 0 Å². The summed E-state index contributed by atoms with van der Waals surface area (Å²) in [5, 5.41) is 15.3. The predicted molar refractivity (Wildman–Crippen MR) is 157 cm³/mol. The number of nitrogens with zero attached hydrogens (tertiary/aromatic N) is 1. The Labute approximate surface area is 233 Å². The van der Waals surface area contributed by atoms with Gasteiger partial charge in [0.15, 0.2) is 5.78 Å². The predicted octanol–water partition coefficient (Wildman–Crippen LogP) is 6.98. The van der Waals surface area contributed by atoms with Crippen LogP contribution in [0.4, 0.5) is 0 Å². The SMILES string of the molecule is CN(CC(=O)CNC(C)(C)Cc1ccc2ccccc2c1)Sc1cccc(-c2ccc(C(=O)O)c(Cl)c2)c1. The van der Waals surface area contributed by atoms with Crippen LogP contribution in [0.25, 0.3) is 21.9 Å². The summed E-state index contributed by atoms with van der Waals surface area (Å²) in [5.41, 5.74) is 2.84. The average Bonchev–Trinajstić information content (AvgIpc) is 2.87. The molecule has 4 aromatic carbocycles. The molecule has 38 heavy (non-hydrogen) atoms. The molecule has 0 amide bonds. The van der Waals surface area contributed by atoms with Gasteiger partial charge < -0.3 is 10.4 Å². The van der Waals surface area contributed by atoms with Crippen LogP contribution >= 0.6 is 23.5 Å². The van der Waals surface area contributed by atoms with Gasteiger partial charge in [-0.1, -0.05) is 72.3 Å². The number of hydrogen-bond acceptors (Lipinski definition) is 5. The Morgan fingerprint density at radius 2 is 1.66 bits per heavy atom. The number of fused-ring (bicyclic) bond motifs is 1. The molecule has 0 atom stereocenters. The second kappa shape index (κ2) is 12.1. The summed E-state index contributed by atoms with van der Waals surface area (Å²) in [6.07, 6.45) is 0.819. The van der Waals surface area contributed by atoms with Crippen molar-refractivity contribution in [2.75, 3.05) is 20.1 Å². The number of carboxylic acid groups (broad SMARTS) is 1. The van der Waals surface area contributed by atoms with E-state index in [1.807, 2.05) is 47.8 Å². The fourth-order valence-electron chi connectivity index (χ4n) is 4.38. The molecule has 0 heterocycles. The molecule has 0 aliphatic heterocycles. The summed E-state index contributed by atoms with van der Waals surface area (Å²) in [6, 6.07) is 27.6. The van der Waals surface area contributed by atoms with Crippen LogP contribution in [0.15, 0.2) is 89.8 Å². The largest absolute Gasteiger partial charge is 0.478 e. The molecule has 0 fully saturated rings. The molecular formula is C31H31ClN2O3S. The van der Waals surface area contributed by atoms with E-state index in [0.29, 0.717) is 13.1 Å². The van der Waals surface area contributed by atoms with Crippen LogP contribution in [-0.4, -0.2) is 46.8 Å². The third-order valence-corrected chi connectivity index (χ3v) is 7.47. The van der Waals surface area contributed by atoms with Crippen molar-refractivity contribution in [2.45, 2.75) is 30.7 Å². The van der Waals surface area contributed by atoms with E-state index in [1.54, 1.807) is 12.1 Å². The van der Waals surface area contributed by atoms with Gasteiger partial charge in [0, 0.05) is 10.4 Å². The molecule has 5 nitrogen and oxygen atoms in total. The highest BCUT2D eigenvalue weighted by molar-refractivity contribution is 7.97. The van der Waals surface area contributed by atoms with Gasteiger partial charge in [-0.15, -0.1) is 0 Å². The molecule has 4 rings (SSSR count). The highest BCUT2D eigenvalue weighted by Crippen LogP contribution is 2.30. The van der Waals surface area contributed by atoms with Crippen molar-refractivity contribution < 1.29 is 14.7 Å². The number of aromatic carboxylic acids is 1. The van der Waals surface area contributed by atoms with E-state index in [9.17, 15) is 14.7 Å². The summed E-state index contributed by atoms with van der Waals surface area (Å²) in [5.74, 6) is -0.942. The first kappa shape index (κ1) is 27.9. The summed E-state index contributed by atoms with van der Waals surface area (Å²) < 4.78 is 1.92. The number of carbonyl (C=O) groups excluding carboxylic acids is 1. The maximum Gasteiger partial charge on any atom is 0.337 e. The fraction of sp³-hybridized carbons (Fsp3) is 0.226. The van der Waals surface area contributed by atoms with E-state index in [-0.39, 0.29) is 21.9 Å². The lowest BCUT2D eigenvalue weighted by atomic mass is 9.93. The molecule has 0 radical (unpaired) electrons. The van der Waals surface area contributed by atoms with Crippen molar-refractivity contribution in [2.24, 2.45) is 0 Å². The van der Waals surface area contributed by atoms with Crippen LogP contribution in [0, 0.1) is 0 Å². The summed E-state index contributed by atoms with van der Waals surface area (Å²) in [7, 11) is 1.90. The zero-order valence-electron chi connectivity index (χ0n) is 21.7. The van der Waals surface area contributed by atoms with Gasteiger partial charge in [-0.05, 0) is 91.0 Å². The molecule has 7 heteroatoms. The van der Waals surface area contributed by atoms with Crippen LogP contribution in [0.2, 0.25) is 5.02 Å². The summed E-state index contributed by atoms with van der Waals surface area (Å²) in [6.45, 7) is 4.83. The Bertz CT molecular complexity index is 1470. The summed E-state index contributed by atoms with van der Waals surface area (Å²) >= 11 is 7.64. The number of likely N-dealkylation sites (N-methyl/N-ethyl adjacent to an activating group) is 1. The Balaban J connectivity index is 1.30. The highest BCUT2D eigenvalue weighted by Gasteiger charge is 2.20. The number of nitrogens with one attached hydrogen (secondary N) is 1. The van der Waals surface area contributed by atoms with E-state index in [4.69, 9.17) is 11.6 Å². The van der Waals surface area contributed by atoms with Gasteiger partial charge in [-0.2, -0.15) is 0 Å². The van der Waals surface area contributed by atoms with E-state index in [0.717, 1.165) is 22.4 Å². The molecule has 0 unspecified atom stereocenters. The minimum Gasteiger partial charge on any atom is -0.478 e. The molecule has 0 saturated heterocycles. The molecule has 0 aromatic heterocycles. The number of carbonyl (C=O) groups is 2. The Hall–Kier alpha value is -3.16. The zero-order valence-corrected chi connectivity index (χ0v) is 23.3. The smallest absolute Gasteiger partial charge is 0.337 e. The minimum absolute atomic E-state index is 0.0771. The lowest BCUT2D eigenvalue weighted by Crippen LogP contribution is -2.45. The van der Waals surface area contributed by atoms with E-state index >= 15 is 0 Å². The molecule has 0 saturated carbocycles. The van der Waals surface area contributed by atoms with E-state index in [1.165, 1.54) is 34.4 Å². The second-order valence-corrected chi connectivity index (χ2v) is 11.7. The monoisotopic (exact) mass is 546 g/mol. The van der Waals surface area contributed by atoms with Crippen molar-refractivity contribution in [1.29, 1.82) is 0 Å². The van der Waals surface area contributed by atoms with Gasteiger partial charge in [0.2, 0.25) is 0 Å². The number of carboxylic acids is 1. The summed E-state index contributed by atoms with van der Waals surface area (Å²) in [4.78, 5) is 25.0. The molecule has 0 aliphatic rings. The first-order chi connectivity index (χ1) is 18.1. The Kier molecular flexibility index (Phi) is 8.90. The van der Waals surface area contributed by atoms with Crippen molar-refractivity contribution in [3.8, 4) is 11.1 Å². The molecule has 0 bridgehead atoms. The lowest BCUT2D eigenvalue weighted by molar-refractivity contribution is -0.118. The van der Waals surface area contributed by atoms with Gasteiger partial charge in [0.25, 0.3) is 0 Å². The quantitative estimate of drug-likeness (QED) is 0.198. The number of rotatable bonds is 11. The highest BCUT2D eigenvalue weighted by atomic mass is 35.5. The van der Waals surface area contributed by atoms with Crippen molar-refractivity contribution in [3.63, 3.8) is 0 Å². The number of halogens is 1. The molecule has 4 aromatic rings. The van der Waals surface area contributed by atoms with Crippen LogP contribution < -0.4 is 5.32 Å². The first-order valence-corrected chi connectivity index (χ1v) is 13.5. The van der Waals surface area contributed by atoms with Gasteiger partial charge >= 0.3 is 5.97 Å². The van der Waals surface area contributed by atoms with Gasteiger partial charge in [0.05, 0.1) is 23.7 Å². The number of Topliss-reactive ketones (excluding diaryl/α,β-unsaturated/α-hetero) is 1. The van der Waals surface area contributed by atoms with Gasteiger partial charge in [-0.25, -0.2) is 9.10 Å². The third kappa shape index (κ3) is 7.45. The minimum atomic E-state index is -1.05. The van der Waals surface area contributed by atoms with Crippen LogP contribution in [-0.2, 0) is 11.2 Å². The van der Waals surface area contributed by atoms with Crippen molar-refractivity contribution in [3.05, 3.63) is 101 Å². The topological polar surface area (TPSA) is 69.6 Å². The third-order valence-electron chi connectivity index (χ3n) is 6.25. The average molecular weight is 547 g/mol. The second-order valence-electron chi connectivity index (χ2n) is 10.0. The molecular weight excluding hydrogens is 516 g/mol. The number of benzene rings is 4. The Morgan fingerprint density at radius 3 is 2.39 bits per heavy atom. The molecule has 0 spiro atoms.